The lowest BCUT2D eigenvalue weighted by Crippen LogP contribution is -2.38. The number of rotatable bonds is 4. The van der Waals surface area contributed by atoms with Crippen LogP contribution in [0, 0.1) is 0 Å². The Morgan fingerprint density at radius 1 is 1.41 bits per heavy atom. The molecule has 0 atom stereocenters. The number of nitrogens with one attached hydrogen (secondary N) is 2. The van der Waals surface area contributed by atoms with E-state index in [4.69, 9.17) is 0 Å². The minimum atomic E-state index is -4.24. The SMILES string of the molecule is CCNc1nccc(NC2(C(F)(F)F)CC2)n1. The molecule has 7 heteroatoms. The maximum absolute atomic E-state index is 12.7. The smallest absolute Gasteiger partial charge is 0.356 e. The second-order valence-electron chi connectivity index (χ2n) is 4.00. The third kappa shape index (κ3) is 2.42. The Kier molecular flexibility index (Phi) is 2.84. The Labute approximate surface area is 96.7 Å². The molecule has 0 amide bonds. The lowest BCUT2D eigenvalue weighted by atomic mass is 10.2. The van der Waals surface area contributed by atoms with Crippen molar-refractivity contribution < 1.29 is 13.2 Å². The molecule has 1 fully saturated rings. The molecule has 0 saturated heterocycles. The summed E-state index contributed by atoms with van der Waals surface area (Å²) in [5.41, 5.74) is -1.79. The molecule has 1 saturated carbocycles. The molecule has 0 unspecified atom stereocenters. The normalized spacial score (nSPS) is 17.6. The van der Waals surface area contributed by atoms with Crippen molar-refractivity contribution in [1.82, 2.24) is 9.97 Å². The van der Waals surface area contributed by atoms with Crippen LogP contribution in [0.15, 0.2) is 12.3 Å². The first kappa shape index (κ1) is 11.9. The minimum Gasteiger partial charge on any atom is -0.356 e. The van der Waals surface area contributed by atoms with Crippen molar-refractivity contribution in [2.75, 3.05) is 17.2 Å². The van der Waals surface area contributed by atoms with E-state index in [0.29, 0.717) is 12.5 Å². The van der Waals surface area contributed by atoms with Crippen molar-refractivity contribution in [3.05, 3.63) is 12.3 Å². The highest BCUT2D eigenvalue weighted by Crippen LogP contribution is 2.50. The molecular weight excluding hydrogens is 233 g/mol. The molecule has 0 bridgehead atoms. The Morgan fingerprint density at radius 3 is 2.65 bits per heavy atom. The number of aromatic nitrogens is 2. The van der Waals surface area contributed by atoms with E-state index in [0.717, 1.165) is 0 Å². The summed E-state index contributed by atoms with van der Waals surface area (Å²) in [4.78, 5) is 7.87. The van der Waals surface area contributed by atoms with Crippen molar-refractivity contribution in [3.63, 3.8) is 0 Å². The van der Waals surface area contributed by atoms with Gasteiger partial charge in [-0.05, 0) is 25.8 Å². The van der Waals surface area contributed by atoms with Crippen LogP contribution in [0.4, 0.5) is 24.9 Å². The van der Waals surface area contributed by atoms with E-state index < -0.39 is 11.7 Å². The standard InChI is InChI=1S/C10H13F3N4/c1-2-14-8-15-6-3-7(16-8)17-9(4-5-9)10(11,12)13/h3,6H,2,4-5H2,1H3,(H2,14,15,16,17). The third-order valence-electron chi connectivity index (χ3n) is 2.65. The minimum absolute atomic E-state index is 0.0943. The fraction of sp³-hybridized carbons (Fsp3) is 0.600. The van der Waals surface area contributed by atoms with E-state index in [1.54, 1.807) is 0 Å². The Hall–Kier alpha value is -1.53. The molecule has 2 rings (SSSR count). The van der Waals surface area contributed by atoms with Gasteiger partial charge in [0.1, 0.15) is 11.4 Å². The first-order valence-corrected chi connectivity index (χ1v) is 5.39. The molecule has 0 aromatic carbocycles. The number of alkyl halides is 3. The highest BCUT2D eigenvalue weighted by atomic mass is 19.4. The Bertz CT molecular complexity index is 401. The van der Waals surface area contributed by atoms with Crippen LogP contribution in [0.3, 0.4) is 0 Å². The summed E-state index contributed by atoms with van der Waals surface area (Å²) in [6.45, 7) is 2.48. The fourth-order valence-electron chi connectivity index (χ4n) is 1.52. The van der Waals surface area contributed by atoms with Crippen molar-refractivity contribution >= 4 is 11.8 Å². The van der Waals surface area contributed by atoms with Gasteiger partial charge >= 0.3 is 6.18 Å². The summed E-state index contributed by atoms with van der Waals surface area (Å²) in [6.07, 6.45) is -2.62. The number of nitrogens with zero attached hydrogens (tertiary/aromatic N) is 2. The predicted molar refractivity (Wildman–Crippen MR) is 57.8 cm³/mol. The molecule has 1 aromatic heterocycles. The molecule has 1 aliphatic carbocycles. The molecule has 2 N–H and O–H groups in total. The van der Waals surface area contributed by atoms with Crippen LogP contribution in [0.25, 0.3) is 0 Å². The average Bonchev–Trinajstić information content (AvgIpc) is 2.99. The maximum Gasteiger partial charge on any atom is 0.411 e. The van der Waals surface area contributed by atoms with Gasteiger partial charge < -0.3 is 10.6 Å². The van der Waals surface area contributed by atoms with E-state index in [-0.39, 0.29) is 18.7 Å². The van der Waals surface area contributed by atoms with Gasteiger partial charge in [-0.25, -0.2) is 4.98 Å². The predicted octanol–water partition coefficient (Wildman–Crippen LogP) is 2.42. The zero-order valence-electron chi connectivity index (χ0n) is 9.30. The van der Waals surface area contributed by atoms with Gasteiger partial charge in [0.05, 0.1) is 0 Å². The summed E-state index contributed by atoms with van der Waals surface area (Å²) < 4.78 is 38.1. The number of hydrogen-bond acceptors (Lipinski definition) is 4. The van der Waals surface area contributed by atoms with Crippen molar-refractivity contribution in [2.45, 2.75) is 31.5 Å². The summed E-state index contributed by atoms with van der Waals surface area (Å²) in [5, 5.41) is 5.30. The molecule has 1 heterocycles. The number of anilines is 2. The first-order valence-electron chi connectivity index (χ1n) is 5.39. The van der Waals surface area contributed by atoms with Gasteiger partial charge in [0.15, 0.2) is 0 Å². The third-order valence-corrected chi connectivity index (χ3v) is 2.65. The lowest BCUT2D eigenvalue weighted by Gasteiger charge is -2.21. The molecule has 0 radical (unpaired) electrons. The van der Waals surface area contributed by atoms with Gasteiger partial charge in [0.25, 0.3) is 0 Å². The number of hydrogen-bond donors (Lipinski definition) is 2. The fourth-order valence-corrected chi connectivity index (χ4v) is 1.52. The molecule has 0 aliphatic heterocycles. The van der Waals surface area contributed by atoms with Crippen LogP contribution in [-0.4, -0.2) is 28.2 Å². The summed E-state index contributed by atoms with van der Waals surface area (Å²) in [7, 11) is 0. The van der Waals surface area contributed by atoms with Gasteiger partial charge in [-0.2, -0.15) is 18.2 Å². The quantitative estimate of drug-likeness (QED) is 0.856. The largest absolute Gasteiger partial charge is 0.411 e. The van der Waals surface area contributed by atoms with Crippen LogP contribution >= 0.6 is 0 Å². The first-order chi connectivity index (χ1) is 7.97. The van der Waals surface area contributed by atoms with Gasteiger partial charge in [-0.15, -0.1) is 0 Å². The molecular formula is C10H13F3N4. The molecule has 94 valence electrons. The molecule has 4 nitrogen and oxygen atoms in total. The molecule has 17 heavy (non-hydrogen) atoms. The van der Waals surface area contributed by atoms with E-state index in [9.17, 15) is 13.2 Å². The van der Waals surface area contributed by atoms with Crippen LogP contribution in [-0.2, 0) is 0 Å². The second-order valence-corrected chi connectivity index (χ2v) is 4.00. The highest BCUT2D eigenvalue weighted by molar-refractivity contribution is 5.44. The Balaban J connectivity index is 2.11. The van der Waals surface area contributed by atoms with Crippen molar-refractivity contribution in [3.8, 4) is 0 Å². The van der Waals surface area contributed by atoms with Crippen LogP contribution in [0.2, 0.25) is 0 Å². The summed E-state index contributed by atoms with van der Waals surface area (Å²) in [5.74, 6) is 0.529. The molecule has 0 spiro atoms. The molecule has 1 aliphatic rings. The van der Waals surface area contributed by atoms with E-state index in [1.807, 2.05) is 6.92 Å². The van der Waals surface area contributed by atoms with Gasteiger partial charge in [-0.1, -0.05) is 0 Å². The topological polar surface area (TPSA) is 49.8 Å². The van der Waals surface area contributed by atoms with Gasteiger partial charge in [0.2, 0.25) is 5.95 Å². The summed E-state index contributed by atoms with van der Waals surface area (Å²) in [6, 6.07) is 1.44. The van der Waals surface area contributed by atoms with Crippen molar-refractivity contribution in [1.29, 1.82) is 0 Å². The second kappa shape index (κ2) is 4.05. The van der Waals surface area contributed by atoms with Crippen molar-refractivity contribution in [2.24, 2.45) is 0 Å². The van der Waals surface area contributed by atoms with Gasteiger partial charge in [0, 0.05) is 12.7 Å². The lowest BCUT2D eigenvalue weighted by molar-refractivity contribution is -0.151. The molecule has 1 aromatic rings. The maximum atomic E-state index is 12.7. The van der Waals surface area contributed by atoms with E-state index in [2.05, 4.69) is 20.6 Å². The van der Waals surface area contributed by atoms with E-state index >= 15 is 0 Å². The van der Waals surface area contributed by atoms with Crippen LogP contribution in [0.5, 0.6) is 0 Å². The van der Waals surface area contributed by atoms with Crippen LogP contribution < -0.4 is 10.6 Å². The van der Waals surface area contributed by atoms with E-state index in [1.165, 1.54) is 12.3 Å². The zero-order valence-corrected chi connectivity index (χ0v) is 9.30. The summed E-state index contributed by atoms with van der Waals surface area (Å²) >= 11 is 0. The average molecular weight is 246 g/mol. The zero-order chi connectivity index (χ0) is 12.5. The van der Waals surface area contributed by atoms with Gasteiger partial charge in [-0.3, -0.25) is 0 Å². The highest BCUT2D eigenvalue weighted by Gasteiger charge is 2.63. The monoisotopic (exact) mass is 246 g/mol. The Morgan fingerprint density at radius 2 is 2.12 bits per heavy atom. The number of halogens is 3. The van der Waals surface area contributed by atoms with Crippen LogP contribution in [0.1, 0.15) is 19.8 Å².